The molecule has 1 aromatic heterocycles. The molecule has 8 rings (SSSR count). The minimum atomic E-state index is 0.720. The van der Waals surface area contributed by atoms with Crippen LogP contribution in [0.5, 0.6) is 0 Å². The highest BCUT2D eigenvalue weighted by molar-refractivity contribution is 6.05. The molecule has 0 unspecified atom stereocenters. The van der Waals surface area contributed by atoms with Crippen LogP contribution >= 0.6 is 0 Å². The molecule has 0 N–H and O–H groups in total. The molecule has 0 aliphatic rings. The lowest BCUT2D eigenvalue weighted by Crippen LogP contribution is -1.96. The number of aromatic nitrogens is 2. The molecule has 8 aromatic rings. The van der Waals surface area contributed by atoms with Gasteiger partial charge in [0.25, 0.3) is 0 Å². The Hall–Kier alpha value is -5.86. The maximum absolute atomic E-state index is 5.12. The van der Waals surface area contributed by atoms with E-state index in [0.29, 0.717) is 0 Å². The third-order valence-electron chi connectivity index (χ3n) is 8.30. The molecule has 7 aromatic carbocycles. The second-order valence-corrected chi connectivity index (χ2v) is 11.0. The van der Waals surface area contributed by atoms with Crippen LogP contribution in [-0.2, 0) is 0 Å². The Morgan fingerprint density at radius 3 is 1.55 bits per heavy atom. The molecule has 0 amide bonds. The lowest BCUT2D eigenvalue weighted by molar-refractivity contribution is 1.18. The van der Waals surface area contributed by atoms with Crippen LogP contribution in [0.25, 0.3) is 77.7 Å². The summed E-state index contributed by atoms with van der Waals surface area (Å²) >= 11 is 0. The minimum Gasteiger partial charge on any atom is -0.228 e. The van der Waals surface area contributed by atoms with Gasteiger partial charge in [-0.2, -0.15) is 0 Å². The fraction of sp³-hybridized carbons (Fsp3) is 0. The molecule has 2 heteroatoms. The summed E-state index contributed by atoms with van der Waals surface area (Å²) < 4.78 is 0. The maximum Gasteiger partial charge on any atom is 0.160 e. The van der Waals surface area contributed by atoms with E-state index in [4.69, 9.17) is 9.97 Å². The summed E-state index contributed by atoms with van der Waals surface area (Å²) in [6.45, 7) is 0. The molecule has 0 atom stereocenters. The lowest BCUT2D eigenvalue weighted by Gasteiger charge is -2.15. The monoisotopic (exact) mass is 560 g/mol. The van der Waals surface area contributed by atoms with Crippen molar-refractivity contribution in [1.29, 1.82) is 0 Å². The van der Waals surface area contributed by atoms with Crippen molar-refractivity contribution in [1.82, 2.24) is 9.97 Å². The van der Waals surface area contributed by atoms with E-state index < -0.39 is 0 Å². The number of benzene rings is 7. The SMILES string of the molecule is c1ccc(-c2cc(-c3ccc(-c4cccc(-c5cccc6ccccc56)c4)c4ccccc34)nc(-c3ccccc3)n2)cc1. The first kappa shape index (κ1) is 25.8. The number of nitrogens with zero attached hydrogens (tertiary/aromatic N) is 2. The maximum atomic E-state index is 5.12. The van der Waals surface area contributed by atoms with Gasteiger partial charge < -0.3 is 0 Å². The number of rotatable bonds is 5. The summed E-state index contributed by atoms with van der Waals surface area (Å²) in [5, 5.41) is 4.87. The summed E-state index contributed by atoms with van der Waals surface area (Å²) in [7, 11) is 0. The fourth-order valence-corrected chi connectivity index (χ4v) is 6.16. The number of fused-ring (bicyclic) bond motifs is 2. The summed E-state index contributed by atoms with van der Waals surface area (Å²) in [5.74, 6) is 0.720. The molecule has 0 aliphatic heterocycles. The van der Waals surface area contributed by atoms with E-state index in [0.717, 1.165) is 39.3 Å². The molecule has 1 heterocycles. The third kappa shape index (κ3) is 4.73. The average molecular weight is 561 g/mol. The highest BCUT2D eigenvalue weighted by Gasteiger charge is 2.15. The summed E-state index contributed by atoms with van der Waals surface area (Å²) in [5.41, 5.74) is 9.82. The fourth-order valence-electron chi connectivity index (χ4n) is 6.16. The van der Waals surface area contributed by atoms with Gasteiger partial charge in [0.1, 0.15) is 0 Å². The predicted octanol–water partition coefficient (Wildman–Crippen LogP) is 11.1. The van der Waals surface area contributed by atoms with E-state index in [9.17, 15) is 0 Å². The average Bonchev–Trinajstić information content (AvgIpc) is 3.11. The third-order valence-corrected chi connectivity index (χ3v) is 8.30. The van der Waals surface area contributed by atoms with Crippen LogP contribution in [0.1, 0.15) is 0 Å². The van der Waals surface area contributed by atoms with Crippen LogP contribution in [0.3, 0.4) is 0 Å². The second kappa shape index (κ2) is 11.1. The van der Waals surface area contributed by atoms with Gasteiger partial charge >= 0.3 is 0 Å². The molecule has 0 saturated heterocycles. The van der Waals surface area contributed by atoms with Gasteiger partial charge in [-0.05, 0) is 55.9 Å². The van der Waals surface area contributed by atoms with Crippen molar-refractivity contribution >= 4 is 21.5 Å². The molecular formula is C42H28N2. The zero-order valence-electron chi connectivity index (χ0n) is 24.1. The Labute approximate surface area is 257 Å². The van der Waals surface area contributed by atoms with E-state index in [1.54, 1.807) is 0 Å². The van der Waals surface area contributed by atoms with Crippen LogP contribution < -0.4 is 0 Å². The summed E-state index contributed by atoms with van der Waals surface area (Å²) in [6, 6.07) is 59.8. The van der Waals surface area contributed by atoms with Crippen LogP contribution in [0.4, 0.5) is 0 Å². The van der Waals surface area contributed by atoms with E-state index in [1.807, 2.05) is 24.3 Å². The van der Waals surface area contributed by atoms with Gasteiger partial charge in [0.05, 0.1) is 11.4 Å². The van der Waals surface area contributed by atoms with Crippen molar-refractivity contribution in [3.8, 4) is 56.2 Å². The summed E-state index contributed by atoms with van der Waals surface area (Å²) in [6.07, 6.45) is 0. The molecule has 44 heavy (non-hydrogen) atoms. The molecule has 0 saturated carbocycles. The highest BCUT2D eigenvalue weighted by atomic mass is 14.9. The van der Waals surface area contributed by atoms with Crippen LogP contribution in [0.2, 0.25) is 0 Å². The van der Waals surface area contributed by atoms with E-state index in [1.165, 1.54) is 38.4 Å². The van der Waals surface area contributed by atoms with Gasteiger partial charge in [-0.1, -0.05) is 158 Å². The van der Waals surface area contributed by atoms with Gasteiger partial charge in [0.2, 0.25) is 0 Å². The van der Waals surface area contributed by atoms with Crippen molar-refractivity contribution < 1.29 is 0 Å². The quantitative estimate of drug-likeness (QED) is 0.209. The Balaban J connectivity index is 1.29. The van der Waals surface area contributed by atoms with E-state index in [-0.39, 0.29) is 0 Å². The van der Waals surface area contributed by atoms with Gasteiger partial charge in [0.15, 0.2) is 5.82 Å². The Bertz CT molecular complexity index is 2210. The highest BCUT2D eigenvalue weighted by Crippen LogP contribution is 2.38. The zero-order valence-corrected chi connectivity index (χ0v) is 24.1. The first-order valence-corrected chi connectivity index (χ1v) is 14.9. The molecule has 206 valence electrons. The predicted molar refractivity (Wildman–Crippen MR) is 184 cm³/mol. The van der Waals surface area contributed by atoms with Gasteiger partial charge in [-0.15, -0.1) is 0 Å². The number of hydrogen-bond acceptors (Lipinski definition) is 2. The first-order chi connectivity index (χ1) is 21.8. The van der Waals surface area contributed by atoms with Crippen LogP contribution in [0.15, 0.2) is 170 Å². The Kier molecular flexibility index (Phi) is 6.51. The normalized spacial score (nSPS) is 11.2. The molecule has 0 bridgehead atoms. The number of hydrogen-bond donors (Lipinski definition) is 0. The van der Waals surface area contributed by atoms with Gasteiger partial charge in [-0.3, -0.25) is 0 Å². The zero-order chi connectivity index (χ0) is 29.3. The van der Waals surface area contributed by atoms with Crippen molar-refractivity contribution in [3.63, 3.8) is 0 Å². The molecule has 0 spiro atoms. The topological polar surface area (TPSA) is 25.8 Å². The molecule has 0 radical (unpaired) electrons. The molecule has 0 fully saturated rings. The van der Waals surface area contributed by atoms with Gasteiger partial charge in [-0.25, -0.2) is 9.97 Å². The van der Waals surface area contributed by atoms with Crippen LogP contribution in [0, 0.1) is 0 Å². The molecule has 2 nitrogen and oxygen atoms in total. The van der Waals surface area contributed by atoms with E-state index >= 15 is 0 Å². The Morgan fingerprint density at radius 1 is 0.295 bits per heavy atom. The first-order valence-electron chi connectivity index (χ1n) is 14.9. The van der Waals surface area contributed by atoms with Crippen LogP contribution in [-0.4, -0.2) is 9.97 Å². The van der Waals surface area contributed by atoms with Gasteiger partial charge in [0, 0.05) is 16.7 Å². The standard InChI is InChI=1S/C42H28N2/c1-3-14-30(15-4-1)40-28-41(44-42(43-40)31-16-5-2-6-17-31)39-26-25-36(37-22-9-10-23-38(37)39)33-20-11-19-32(27-33)35-24-12-18-29-13-7-8-21-34(29)35/h1-28H. The van der Waals surface area contributed by atoms with Crippen molar-refractivity contribution in [2.45, 2.75) is 0 Å². The minimum absolute atomic E-state index is 0.720. The largest absolute Gasteiger partial charge is 0.228 e. The van der Waals surface area contributed by atoms with Crippen molar-refractivity contribution in [2.24, 2.45) is 0 Å². The second-order valence-electron chi connectivity index (χ2n) is 11.0. The molecule has 0 aliphatic carbocycles. The smallest absolute Gasteiger partial charge is 0.160 e. The Morgan fingerprint density at radius 2 is 0.795 bits per heavy atom. The van der Waals surface area contributed by atoms with Crippen molar-refractivity contribution in [3.05, 3.63) is 170 Å². The molecular weight excluding hydrogens is 532 g/mol. The van der Waals surface area contributed by atoms with E-state index in [2.05, 4.69) is 146 Å². The lowest BCUT2D eigenvalue weighted by atomic mass is 9.91. The van der Waals surface area contributed by atoms with Crippen molar-refractivity contribution in [2.75, 3.05) is 0 Å². The summed E-state index contributed by atoms with van der Waals surface area (Å²) in [4.78, 5) is 10.1.